The van der Waals surface area contributed by atoms with E-state index in [4.69, 9.17) is 27.9 Å². The van der Waals surface area contributed by atoms with Gasteiger partial charge in [-0.15, -0.1) is 0 Å². The van der Waals surface area contributed by atoms with Crippen molar-refractivity contribution in [3.63, 3.8) is 0 Å². The molecular weight excluding hydrogens is 273 g/mol. The van der Waals surface area contributed by atoms with Crippen molar-refractivity contribution in [1.82, 2.24) is 4.90 Å². The fraction of sp³-hybridized carbons (Fsp3) is 0.462. The zero-order chi connectivity index (χ0) is 13.5. The molecule has 0 radical (unpaired) electrons. The number of halogens is 2. The van der Waals surface area contributed by atoms with Crippen LogP contribution in [-0.2, 0) is 4.74 Å². The van der Waals surface area contributed by atoms with Crippen LogP contribution in [0.15, 0.2) is 18.2 Å². The van der Waals surface area contributed by atoms with Crippen LogP contribution in [0.1, 0.15) is 32.4 Å². The van der Waals surface area contributed by atoms with Gasteiger partial charge in [-0.05, 0) is 38.5 Å². The van der Waals surface area contributed by atoms with Crippen LogP contribution in [0, 0.1) is 0 Å². The quantitative estimate of drug-likeness (QED) is 0.721. The molecule has 2 rings (SSSR count). The molecule has 3 nitrogen and oxygen atoms in total. The maximum Gasteiger partial charge on any atom is 0.410 e. The zero-order valence-electron chi connectivity index (χ0n) is 10.5. The summed E-state index contributed by atoms with van der Waals surface area (Å²) < 4.78 is 5.29. The van der Waals surface area contributed by atoms with Gasteiger partial charge in [0.05, 0.1) is 6.04 Å². The largest absolute Gasteiger partial charge is 0.444 e. The van der Waals surface area contributed by atoms with E-state index in [2.05, 4.69) is 0 Å². The van der Waals surface area contributed by atoms with Crippen LogP contribution < -0.4 is 0 Å². The number of hydrogen-bond donors (Lipinski definition) is 0. The third-order valence-corrected chi connectivity index (χ3v) is 3.12. The van der Waals surface area contributed by atoms with Crippen molar-refractivity contribution in [1.29, 1.82) is 0 Å². The number of amides is 1. The van der Waals surface area contributed by atoms with Gasteiger partial charge in [-0.1, -0.05) is 29.3 Å². The number of ether oxygens (including phenoxy) is 1. The molecule has 1 heterocycles. The van der Waals surface area contributed by atoms with Gasteiger partial charge in [0, 0.05) is 16.6 Å². The first-order valence-electron chi connectivity index (χ1n) is 5.72. The topological polar surface area (TPSA) is 29.3 Å². The summed E-state index contributed by atoms with van der Waals surface area (Å²) in [5.74, 6) is 0. The fourth-order valence-corrected chi connectivity index (χ4v) is 2.23. The molecule has 1 fully saturated rings. The van der Waals surface area contributed by atoms with Crippen molar-refractivity contribution in [2.24, 2.45) is 0 Å². The van der Waals surface area contributed by atoms with Gasteiger partial charge < -0.3 is 4.74 Å². The lowest BCUT2D eigenvalue weighted by atomic mass is 10.1. The van der Waals surface area contributed by atoms with Gasteiger partial charge >= 0.3 is 6.09 Å². The molecule has 0 spiro atoms. The third kappa shape index (κ3) is 3.09. The van der Waals surface area contributed by atoms with Crippen molar-refractivity contribution in [3.8, 4) is 0 Å². The predicted octanol–water partition coefficient (Wildman–Crippen LogP) is 4.29. The first-order chi connectivity index (χ1) is 8.28. The summed E-state index contributed by atoms with van der Waals surface area (Å²) in [6.07, 6.45) is -0.307. The number of rotatable bonds is 1. The van der Waals surface area contributed by atoms with Gasteiger partial charge in [-0.3, -0.25) is 4.90 Å². The van der Waals surface area contributed by atoms with E-state index in [1.807, 2.05) is 26.8 Å². The Bertz CT molecular complexity index is 482. The Balaban J connectivity index is 2.05. The highest BCUT2D eigenvalue weighted by Gasteiger charge is 2.43. The second-order valence-corrected chi connectivity index (χ2v) is 6.16. The van der Waals surface area contributed by atoms with Crippen LogP contribution in [0.5, 0.6) is 0 Å². The summed E-state index contributed by atoms with van der Waals surface area (Å²) in [5.41, 5.74) is 0.431. The number of carbonyl (C=O) groups is 1. The van der Waals surface area contributed by atoms with Gasteiger partial charge in [-0.2, -0.15) is 0 Å². The number of benzene rings is 1. The molecule has 1 aromatic rings. The van der Waals surface area contributed by atoms with Crippen LogP contribution in [0.4, 0.5) is 4.79 Å². The molecule has 0 bridgehead atoms. The van der Waals surface area contributed by atoms with Gasteiger partial charge in [0.25, 0.3) is 0 Å². The second kappa shape index (κ2) is 4.63. The SMILES string of the molecule is CC(C)(C)OC(=O)N1CC1c1ccc(Cl)cc1Cl. The van der Waals surface area contributed by atoms with Gasteiger partial charge in [0.2, 0.25) is 0 Å². The summed E-state index contributed by atoms with van der Waals surface area (Å²) in [6.45, 7) is 6.17. The minimum atomic E-state index is -0.478. The summed E-state index contributed by atoms with van der Waals surface area (Å²) in [6, 6.07) is 5.31. The molecule has 1 aliphatic heterocycles. The van der Waals surface area contributed by atoms with Crippen molar-refractivity contribution in [3.05, 3.63) is 33.8 Å². The number of hydrogen-bond acceptors (Lipinski definition) is 2. The molecule has 0 aromatic heterocycles. The second-order valence-electron chi connectivity index (χ2n) is 5.31. The lowest BCUT2D eigenvalue weighted by Crippen LogP contribution is -2.27. The molecule has 1 atom stereocenters. The maximum atomic E-state index is 11.8. The molecule has 1 amide bonds. The van der Waals surface area contributed by atoms with Gasteiger partial charge in [0.15, 0.2) is 0 Å². The zero-order valence-corrected chi connectivity index (χ0v) is 12.0. The summed E-state index contributed by atoms with van der Waals surface area (Å²) in [5, 5.41) is 1.17. The lowest BCUT2D eigenvalue weighted by molar-refractivity contribution is 0.0406. The van der Waals surface area contributed by atoms with Crippen LogP contribution in [-0.4, -0.2) is 23.1 Å². The molecule has 1 saturated heterocycles. The molecule has 98 valence electrons. The minimum absolute atomic E-state index is 0.00427. The average Bonchev–Trinajstić information content (AvgIpc) is 2.94. The highest BCUT2D eigenvalue weighted by molar-refractivity contribution is 6.35. The Hall–Kier alpha value is -0.930. The maximum absolute atomic E-state index is 11.8. The highest BCUT2D eigenvalue weighted by atomic mass is 35.5. The molecule has 0 saturated carbocycles. The van der Waals surface area contributed by atoms with E-state index >= 15 is 0 Å². The lowest BCUT2D eigenvalue weighted by Gasteiger charge is -2.20. The van der Waals surface area contributed by atoms with Crippen LogP contribution in [0.2, 0.25) is 10.0 Å². The molecule has 0 aliphatic carbocycles. The normalized spacial score (nSPS) is 18.7. The molecular formula is C13H15Cl2NO2. The first-order valence-corrected chi connectivity index (χ1v) is 6.48. The summed E-state index contributed by atoms with van der Waals surface area (Å²) in [7, 11) is 0. The number of carbonyl (C=O) groups excluding carboxylic acids is 1. The molecule has 1 unspecified atom stereocenters. The van der Waals surface area contributed by atoms with Gasteiger partial charge in [-0.25, -0.2) is 4.79 Å². The van der Waals surface area contributed by atoms with E-state index in [1.165, 1.54) is 0 Å². The van der Waals surface area contributed by atoms with E-state index in [0.717, 1.165) is 5.56 Å². The van der Waals surface area contributed by atoms with Crippen molar-refractivity contribution in [2.45, 2.75) is 32.4 Å². The average molecular weight is 288 g/mol. The van der Waals surface area contributed by atoms with Crippen LogP contribution in [0.25, 0.3) is 0 Å². The smallest absolute Gasteiger partial charge is 0.410 e. The predicted molar refractivity (Wildman–Crippen MR) is 72.1 cm³/mol. The number of nitrogens with zero attached hydrogens (tertiary/aromatic N) is 1. The Morgan fingerprint density at radius 3 is 2.61 bits per heavy atom. The van der Waals surface area contributed by atoms with Crippen LogP contribution in [0.3, 0.4) is 0 Å². The summed E-state index contributed by atoms with van der Waals surface area (Å²) in [4.78, 5) is 13.5. The van der Waals surface area contributed by atoms with Crippen molar-refractivity contribution >= 4 is 29.3 Å². The molecule has 5 heteroatoms. The molecule has 0 N–H and O–H groups in total. The van der Waals surface area contributed by atoms with E-state index < -0.39 is 5.60 Å². The van der Waals surface area contributed by atoms with Gasteiger partial charge in [0.1, 0.15) is 5.60 Å². The Labute approximate surface area is 117 Å². The van der Waals surface area contributed by atoms with E-state index in [0.29, 0.717) is 16.6 Å². The first kappa shape index (κ1) is 13.5. The van der Waals surface area contributed by atoms with E-state index in [9.17, 15) is 4.79 Å². The Morgan fingerprint density at radius 2 is 2.06 bits per heavy atom. The fourth-order valence-electron chi connectivity index (χ4n) is 1.70. The van der Waals surface area contributed by atoms with E-state index in [1.54, 1.807) is 17.0 Å². The summed E-state index contributed by atoms with van der Waals surface area (Å²) >= 11 is 11.9. The van der Waals surface area contributed by atoms with Crippen molar-refractivity contribution < 1.29 is 9.53 Å². The molecule has 18 heavy (non-hydrogen) atoms. The van der Waals surface area contributed by atoms with Crippen LogP contribution >= 0.6 is 23.2 Å². The Morgan fingerprint density at radius 1 is 1.39 bits per heavy atom. The Kier molecular flexibility index (Phi) is 3.47. The van der Waals surface area contributed by atoms with Crippen molar-refractivity contribution in [2.75, 3.05) is 6.54 Å². The molecule has 1 aliphatic rings. The molecule has 1 aromatic carbocycles. The van der Waals surface area contributed by atoms with E-state index in [-0.39, 0.29) is 12.1 Å². The highest BCUT2D eigenvalue weighted by Crippen LogP contribution is 2.40. The third-order valence-electron chi connectivity index (χ3n) is 2.56. The monoisotopic (exact) mass is 287 g/mol. The standard InChI is InChI=1S/C13H15Cl2NO2/c1-13(2,3)18-12(17)16-7-11(16)9-5-4-8(14)6-10(9)15/h4-6,11H,7H2,1-3H3. The minimum Gasteiger partial charge on any atom is -0.444 e.